The highest BCUT2D eigenvalue weighted by Gasteiger charge is 2.34. The number of rotatable bonds is 4. The monoisotopic (exact) mass is 794 g/mol. The molecule has 2 aromatic heterocycles. The van der Waals surface area contributed by atoms with E-state index < -0.39 is 0 Å². The van der Waals surface area contributed by atoms with E-state index in [1.807, 2.05) is 0 Å². The van der Waals surface area contributed by atoms with Gasteiger partial charge in [-0.15, -0.1) is 0 Å². The fourth-order valence-corrected chi connectivity index (χ4v) is 11.1. The lowest BCUT2D eigenvalue weighted by Crippen LogP contribution is -2.20. The Labute approximate surface area is 359 Å². The first-order valence-electron chi connectivity index (χ1n) is 22.0. The van der Waals surface area contributed by atoms with Crippen LogP contribution in [0.25, 0.3) is 92.5 Å². The van der Waals surface area contributed by atoms with E-state index in [2.05, 4.69) is 206 Å². The number of benzene rings is 10. The number of hydrogen-bond acceptors (Lipinski definition) is 2. The Morgan fingerprint density at radius 1 is 0.452 bits per heavy atom. The minimum Gasteiger partial charge on any atom is -0.456 e. The number of aromatic nitrogens is 1. The normalized spacial score (nSPS) is 17.2. The van der Waals surface area contributed by atoms with Crippen LogP contribution in [0.4, 0.5) is 0 Å². The van der Waals surface area contributed by atoms with Crippen molar-refractivity contribution < 1.29 is 4.42 Å². The summed E-state index contributed by atoms with van der Waals surface area (Å²) < 4.78 is 9.36. The molecular formula is C59H42N2O. The van der Waals surface area contributed by atoms with Gasteiger partial charge in [-0.3, -0.25) is 4.99 Å². The summed E-state index contributed by atoms with van der Waals surface area (Å²) in [6.07, 6.45) is 1.87. The molecule has 2 unspecified atom stereocenters. The zero-order valence-corrected chi connectivity index (χ0v) is 34.4. The van der Waals surface area contributed by atoms with Crippen molar-refractivity contribution in [2.24, 2.45) is 10.9 Å². The van der Waals surface area contributed by atoms with E-state index in [-0.39, 0.29) is 17.9 Å². The van der Waals surface area contributed by atoms with Crippen LogP contribution in [0, 0.1) is 5.92 Å². The first kappa shape index (κ1) is 35.3. The Morgan fingerprint density at radius 3 is 1.94 bits per heavy atom. The van der Waals surface area contributed by atoms with Gasteiger partial charge in [0.1, 0.15) is 11.2 Å². The van der Waals surface area contributed by atoms with Gasteiger partial charge in [0.25, 0.3) is 0 Å². The molecule has 0 saturated carbocycles. The van der Waals surface area contributed by atoms with E-state index in [0.717, 1.165) is 35.1 Å². The molecule has 0 aliphatic carbocycles. The number of fused-ring (bicyclic) bond motifs is 11. The smallest absolute Gasteiger partial charge is 0.137 e. The first-order valence-corrected chi connectivity index (χ1v) is 22.0. The molecule has 1 aliphatic heterocycles. The molecule has 10 aromatic carbocycles. The molecule has 0 bridgehead atoms. The molecule has 0 spiro atoms. The molecule has 3 heterocycles. The summed E-state index contributed by atoms with van der Waals surface area (Å²) in [5.74, 6) is 0.230. The topological polar surface area (TPSA) is 30.4 Å². The van der Waals surface area contributed by atoms with Gasteiger partial charge < -0.3 is 8.98 Å². The molecule has 0 fully saturated rings. The van der Waals surface area contributed by atoms with E-state index in [4.69, 9.17) is 9.41 Å². The Hall–Kier alpha value is -7.49. The van der Waals surface area contributed by atoms with E-state index in [0.29, 0.717) is 0 Å². The van der Waals surface area contributed by atoms with Gasteiger partial charge in [0.05, 0.1) is 22.8 Å². The highest BCUT2D eigenvalue weighted by Crippen LogP contribution is 2.48. The number of nitrogens with zero attached hydrogens (tertiary/aromatic N) is 2. The zero-order chi connectivity index (χ0) is 40.9. The van der Waals surface area contributed by atoms with Crippen LogP contribution >= 0.6 is 0 Å². The van der Waals surface area contributed by atoms with E-state index >= 15 is 0 Å². The summed E-state index contributed by atoms with van der Waals surface area (Å²) in [6.45, 7) is 2.43. The van der Waals surface area contributed by atoms with Crippen molar-refractivity contribution in [3.63, 3.8) is 0 Å². The molecule has 3 heteroatoms. The molecule has 0 N–H and O–H groups in total. The van der Waals surface area contributed by atoms with E-state index in [1.165, 1.54) is 92.7 Å². The minimum absolute atomic E-state index is 0.0312. The van der Waals surface area contributed by atoms with Crippen molar-refractivity contribution >= 4 is 92.5 Å². The lowest BCUT2D eigenvalue weighted by atomic mass is 9.77. The van der Waals surface area contributed by atoms with Crippen LogP contribution in [-0.4, -0.2) is 10.3 Å². The van der Waals surface area contributed by atoms with Gasteiger partial charge in [-0.05, 0) is 109 Å². The van der Waals surface area contributed by atoms with Gasteiger partial charge in [0.15, 0.2) is 0 Å². The number of para-hydroxylation sites is 2. The minimum atomic E-state index is -0.0312. The summed E-state index contributed by atoms with van der Waals surface area (Å²) in [4.78, 5) is 5.98. The quantitative estimate of drug-likeness (QED) is 0.163. The molecule has 294 valence electrons. The van der Waals surface area contributed by atoms with Crippen molar-refractivity contribution in [1.82, 2.24) is 4.57 Å². The van der Waals surface area contributed by atoms with Crippen LogP contribution in [-0.2, 0) is 0 Å². The second-order valence-corrected chi connectivity index (χ2v) is 17.3. The van der Waals surface area contributed by atoms with Gasteiger partial charge in [-0.25, -0.2) is 0 Å². The molecule has 62 heavy (non-hydrogen) atoms. The summed E-state index contributed by atoms with van der Waals surface area (Å²) >= 11 is 0. The van der Waals surface area contributed by atoms with Crippen molar-refractivity contribution in [1.29, 1.82) is 0 Å². The maximum absolute atomic E-state index is 6.89. The molecule has 1 aliphatic rings. The van der Waals surface area contributed by atoms with Gasteiger partial charge >= 0.3 is 0 Å². The van der Waals surface area contributed by atoms with Crippen LogP contribution < -0.4 is 0 Å². The van der Waals surface area contributed by atoms with Gasteiger partial charge in [-0.2, -0.15) is 0 Å². The fraction of sp³-hybridized carbons (Fsp3) is 0.102. The largest absolute Gasteiger partial charge is 0.456 e. The van der Waals surface area contributed by atoms with Crippen molar-refractivity contribution in [2.45, 2.75) is 31.7 Å². The lowest BCUT2D eigenvalue weighted by molar-refractivity contribution is 0.511. The predicted octanol–water partition coefficient (Wildman–Crippen LogP) is 16.0. The first-order chi connectivity index (χ1) is 30.7. The van der Waals surface area contributed by atoms with Crippen LogP contribution in [0.2, 0.25) is 0 Å². The fourth-order valence-electron chi connectivity index (χ4n) is 11.1. The van der Waals surface area contributed by atoms with Crippen LogP contribution in [0.15, 0.2) is 204 Å². The Kier molecular flexibility index (Phi) is 7.84. The lowest BCUT2D eigenvalue weighted by Gasteiger charge is -2.26. The summed E-state index contributed by atoms with van der Waals surface area (Å²) in [5.41, 5.74) is 10.3. The summed E-state index contributed by atoms with van der Waals surface area (Å²) in [5, 5.41) is 14.9. The summed E-state index contributed by atoms with van der Waals surface area (Å²) in [6, 6.07) is 71.3. The summed E-state index contributed by atoms with van der Waals surface area (Å²) in [7, 11) is 0. The predicted molar refractivity (Wildman–Crippen MR) is 261 cm³/mol. The third-order valence-electron chi connectivity index (χ3n) is 14.0. The number of aliphatic imine (C=N–C) groups is 1. The maximum atomic E-state index is 6.89. The van der Waals surface area contributed by atoms with Gasteiger partial charge in [-0.1, -0.05) is 159 Å². The molecule has 13 rings (SSSR count). The van der Waals surface area contributed by atoms with Crippen LogP contribution in [0.1, 0.15) is 48.4 Å². The highest BCUT2D eigenvalue weighted by molar-refractivity contribution is 6.16. The van der Waals surface area contributed by atoms with Gasteiger partial charge in [0, 0.05) is 44.8 Å². The third-order valence-corrected chi connectivity index (χ3v) is 14.0. The molecule has 12 aromatic rings. The third kappa shape index (κ3) is 5.34. The van der Waals surface area contributed by atoms with Crippen LogP contribution in [0.5, 0.6) is 0 Å². The Balaban J connectivity index is 1.07. The molecule has 0 amide bonds. The second kappa shape index (κ2) is 13.8. The van der Waals surface area contributed by atoms with Crippen molar-refractivity contribution in [3.8, 4) is 5.69 Å². The molecule has 0 saturated heterocycles. The standard InChI is InChI=1S/C59H42N2O/c1-36-42(29-30-53(60-59(36)48-26-14-19-37-15-4-6-20-43(37)48)50-32-40-18-5-7-21-44(40)45-22-8-9-23-46(45)50)52-34-41(35-57-58(52)49-25-11-13-28-56(49)62-57)61-54-27-12-10-24-47(54)51-31-38-16-2-3-17-39(38)33-55(51)61/h2-28,31-36,42,53H,29-30H2,1H3/t36-,42?,53?/m0/s1. The number of furan rings is 1. The molecule has 0 radical (unpaired) electrons. The molecule has 3 nitrogen and oxygen atoms in total. The molecule has 3 atom stereocenters. The SMILES string of the molecule is C[C@@H]1C(c2cccc3ccccc23)=NC(c2cc3ccccc3c3ccccc23)CCC1c1cc(-n2c3ccccc3c3cc4ccccc4cc32)cc2oc3ccccc3c12. The van der Waals surface area contributed by atoms with Crippen molar-refractivity contribution in [2.75, 3.05) is 0 Å². The second-order valence-electron chi connectivity index (χ2n) is 17.3. The Bertz CT molecular complexity index is 3800. The van der Waals surface area contributed by atoms with Crippen molar-refractivity contribution in [3.05, 3.63) is 211 Å². The van der Waals surface area contributed by atoms with Gasteiger partial charge in [0.2, 0.25) is 0 Å². The van der Waals surface area contributed by atoms with E-state index in [1.54, 1.807) is 0 Å². The highest BCUT2D eigenvalue weighted by atomic mass is 16.3. The zero-order valence-electron chi connectivity index (χ0n) is 34.4. The average molecular weight is 795 g/mol. The van der Waals surface area contributed by atoms with E-state index in [9.17, 15) is 0 Å². The maximum Gasteiger partial charge on any atom is 0.137 e. The van der Waals surface area contributed by atoms with Crippen LogP contribution in [0.3, 0.4) is 0 Å². The average Bonchev–Trinajstić information content (AvgIpc) is 3.80. The molecular weight excluding hydrogens is 753 g/mol. The number of hydrogen-bond donors (Lipinski definition) is 0. The Morgan fingerprint density at radius 2 is 1.10 bits per heavy atom.